The Morgan fingerprint density at radius 3 is 2.44 bits per heavy atom. The highest BCUT2D eigenvalue weighted by atomic mass is 16.1. The molecule has 134 valence electrons. The topological polar surface area (TPSA) is 43.1 Å². The van der Waals surface area contributed by atoms with Crippen LogP contribution in [0, 0.1) is 0 Å². The van der Waals surface area contributed by atoms with Gasteiger partial charge in [-0.15, -0.1) is 0 Å². The third kappa shape index (κ3) is 2.68. The third-order valence-corrected chi connectivity index (χ3v) is 6.17. The van der Waals surface area contributed by atoms with Gasteiger partial charge in [-0.1, -0.05) is 36.4 Å². The van der Waals surface area contributed by atoms with Gasteiger partial charge in [-0.05, 0) is 89.8 Å². The van der Waals surface area contributed by atoms with E-state index in [1.165, 1.54) is 46.2 Å². The first-order chi connectivity index (χ1) is 13.2. The lowest BCUT2D eigenvalue weighted by Gasteiger charge is -2.32. The van der Waals surface area contributed by atoms with Crippen molar-refractivity contribution >= 4 is 11.5 Å². The number of carbonyl (C=O) groups is 1. The number of hydrogen-bond donors (Lipinski definition) is 1. The van der Waals surface area contributed by atoms with Gasteiger partial charge in [0.25, 0.3) is 0 Å². The molecule has 2 aliphatic carbocycles. The summed E-state index contributed by atoms with van der Waals surface area (Å²) in [4.78, 5) is 13.5. The molecule has 0 spiro atoms. The summed E-state index contributed by atoms with van der Waals surface area (Å²) >= 11 is 0. The minimum Gasteiger partial charge on any atom is -0.399 e. The first-order valence-electron chi connectivity index (χ1n) is 9.85. The summed E-state index contributed by atoms with van der Waals surface area (Å²) in [6.45, 7) is 0. The van der Waals surface area contributed by atoms with Crippen LogP contribution in [0.3, 0.4) is 0 Å². The molecule has 2 heteroatoms. The molecule has 27 heavy (non-hydrogen) atoms. The molecule has 0 aliphatic heterocycles. The summed E-state index contributed by atoms with van der Waals surface area (Å²) in [5.41, 5.74) is 15.3. The van der Waals surface area contributed by atoms with Crippen molar-refractivity contribution < 1.29 is 4.79 Å². The molecule has 5 rings (SSSR count). The number of ketones is 1. The van der Waals surface area contributed by atoms with Crippen molar-refractivity contribution in [3.8, 4) is 11.1 Å². The normalized spacial score (nSPS) is 17.6. The van der Waals surface area contributed by atoms with Crippen LogP contribution in [-0.2, 0) is 19.3 Å². The van der Waals surface area contributed by atoms with Crippen LogP contribution in [0.2, 0.25) is 0 Å². The summed E-state index contributed by atoms with van der Waals surface area (Å²) in [5.74, 6) is 0.108. The van der Waals surface area contributed by atoms with Crippen LogP contribution in [0.25, 0.3) is 11.1 Å². The quantitative estimate of drug-likeness (QED) is 0.499. The smallest absolute Gasteiger partial charge is 0.170 e. The molecule has 0 bridgehead atoms. The molecule has 0 radical (unpaired) electrons. The Bertz CT molecular complexity index is 1030. The highest BCUT2D eigenvalue weighted by molar-refractivity contribution is 6.03. The fourth-order valence-corrected chi connectivity index (χ4v) is 4.84. The number of Topliss-reactive ketones (excluding diaryl/α,β-unsaturated/α-hetero) is 1. The van der Waals surface area contributed by atoms with Crippen LogP contribution in [0.1, 0.15) is 51.4 Å². The van der Waals surface area contributed by atoms with Crippen molar-refractivity contribution in [2.45, 2.75) is 38.0 Å². The average Bonchev–Trinajstić information content (AvgIpc) is 2.73. The number of nitrogen functional groups attached to an aromatic ring is 1. The van der Waals surface area contributed by atoms with E-state index in [0.29, 0.717) is 5.69 Å². The monoisotopic (exact) mass is 353 g/mol. The van der Waals surface area contributed by atoms with Gasteiger partial charge in [-0.2, -0.15) is 0 Å². The molecule has 0 heterocycles. The molecule has 0 saturated heterocycles. The second kappa shape index (κ2) is 6.38. The molecule has 3 aromatic rings. The number of carbonyl (C=O) groups excluding carboxylic acids is 1. The summed E-state index contributed by atoms with van der Waals surface area (Å²) < 4.78 is 0. The van der Waals surface area contributed by atoms with Gasteiger partial charge in [0.1, 0.15) is 0 Å². The molecule has 1 atom stereocenters. The van der Waals surface area contributed by atoms with Gasteiger partial charge < -0.3 is 5.73 Å². The van der Waals surface area contributed by atoms with E-state index in [4.69, 9.17) is 5.73 Å². The van der Waals surface area contributed by atoms with Crippen molar-refractivity contribution in [3.05, 3.63) is 88.5 Å². The maximum absolute atomic E-state index is 13.5. The SMILES string of the molecule is Nc1ccc(C(=O)C2Cc3ccccc3-c3ccc4c(c32)CCCC4)cc1. The molecule has 0 amide bonds. The van der Waals surface area contributed by atoms with E-state index in [-0.39, 0.29) is 11.7 Å². The minimum atomic E-state index is -0.105. The molecular weight excluding hydrogens is 330 g/mol. The zero-order valence-corrected chi connectivity index (χ0v) is 15.4. The van der Waals surface area contributed by atoms with Gasteiger partial charge in [0.15, 0.2) is 5.78 Å². The van der Waals surface area contributed by atoms with Crippen LogP contribution in [0.4, 0.5) is 5.69 Å². The lowest BCUT2D eigenvalue weighted by atomic mass is 9.71. The number of anilines is 1. The zero-order valence-electron chi connectivity index (χ0n) is 15.4. The van der Waals surface area contributed by atoms with E-state index in [1.807, 2.05) is 24.3 Å². The van der Waals surface area contributed by atoms with Gasteiger partial charge in [0.05, 0.1) is 5.92 Å². The molecule has 0 saturated carbocycles. The number of aryl methyl sites for hydroxylation is 1. The molecule has 0 aromatic heterocycles. The zero-order chi connectivity index (χ0) is 18.4. The molecule has 1 unspecified atom stereocenters. The first kappa shape index (κ1) is 16.3. The molecule has 0 fully saturated rings. The maximum atomic E-state index is 13.5. The number of rotatable bonds is 2. The van der Waals surface area contributed by atoms with Gasteiger partial charge >= 0.3 is 0 Å². The summed E-state index contributed by atoms with van der Waals surface area (Å²) in [6, 6.07) is 20.5. The van der Waals surface area contributed by atoms with Gasteiger partial charge in [-0.25, -0.2) is 0 Å². The highest BCUT2D eigenvalue weighted by Crippen LogP contribution is 2.45. The van der Waals surface area contributed by atoms with Crippen LogP contribution in [-0.4, -0.2) is 5.78 Å². The van der Waals surface area contributed by atoms with Crippen molar-refractivity contribution in [2.24, 2.45) is 0 Å². The van der Waals surface area contributed by atoms with Crippen molar-refractivity contribution in [1.82, 2.24) is 0 Å². The lowest BCUT2D eigenvalue weighted by Crippen LogP contribution is -2.23. The van der Waals surface area contributed by atoms with Crippen LogP contribution in [0.15, 0.2) is 60.7 Å². The molecular formula is C25H23NO. The summed E-state index contributed by atoms with van der Waals surface area (Å²) in [5, 5.41) is 0. The standard InChI is InChI=1S/C25H23NO/c26-19-12-9-17(10-13-19)25(27)23-15-18-6-2-3-7-20(18)22-14-11-16-5-1-4-8-21(16)24(22)23/h2-3,6-7,9-14,23H,1,4-5,8,15,26H2. The second-order valence-electron chi connectivity index (χ2n) is 7.77. The van der Waals surface area contributed by atoms with Crippen LogP contribution in [0.5, 0.6) is 0 Å². The van der Waals surface area contributed by atoms with Gasteiger partial charge in [0, 0.05) is 11.3 Å². The predicted molar refractivity (Wildman–Crippen MR) is 110 cm³/mol. The Morgan fingerprint density at radius 2 is 1.59 bits per heavy atom. The number of benzene rings is 3. The van der Waals surface area contributed by atoms with Crippen molar-refractivity contribution in [1.29, 1.82) is 0 Å². The fraction of sp³-hybridized carbons (Fsp3) is 0.240. The first-order valence-corrected chi connectivity index (χ1v) is 9.85. The second-order valence-corrected chi connectivity index (χ2v) is 7.77. The van der Waals surface area contributed by atoms with E-state index in [0.717, 1.165) is 24.8 Å². The largest absolute Gasteiger partial charge is 0.399 e. The van der Waals surface area contributed by atoms with E-state index in [1.54, 1.807) is 0 Å². The molecule has 2 aliphatic rings. The molecule has 2 nitrogen and oxygen atoms in total. The van der Waals surface area contributed by atoms with Gasteiger partial charge in [-0.3, -0.25) is 4.79 Å². The Labute approximate surface area is 160 Å². The van der Waals surface area contributed by atoms with E-state index in [9.17, 15) is 4.79 Å². The molecule has 3 aromatic carbocycles. The minimum absolute atomic E-state index is 0.105. The number of nitrogens with two attached hydrogens (primary N) is 1. The van der Waals surface area contributed by atoms with E-state index in [2.05, 4.69) is 36.4 Å². The third-order valence-electron chi connectivity index (χ3n) is 6.17. The maximum Gasteiger partial charge on any atom is 0.170 e. The predicted octanol–water partition coefficient (Wildman–Crippen LogP) is 5.34. The summed E-state index contributed by atoms with van der Waals surface area (Å²) in [7, 11) is 0. The summed E-state index contributed by atoms with van der Waals surface area (Å²) in [6.07, 6.45) is 5.47. The molecule has 2 N–H and O–H groups in total. The number of fused-ring (bicyclic) bond motifs is 5. The van der Waals surface area contributed by atoms with Gasteiger partial charge in [0.2, 0.25) is 0 Å². The van der Waals surface area contributed by atoms with Crippen LogP contribution < -0.4 is 5.73 Å². The fourth-order valence-electron chi connectivity index (χ4n) is 4.84. The van der Waals surface area contributed by atoms with Crippen molar-refractivity contribution in [2.75, 3.05) is 5.73 Å². The van der Waals surface area contributed by atoms with Crippen LogP contribution >= 0.6 is 0 Å². The van der Waals surface area contributed by atoms with E-state index < -0.39 is 0 Å². The Balaban J connectivity index is 1.70. The van der Waals surface area contributed by atoms with Crippen molar-refractivity contribution in [3.63, 3.8) is 0 Å². The van der Waals surface area contributed by atoms with E-state index >= 15 is 0 Å². The Hall–Kier alpha value is -2.87. The lowest BCUT2D eigenvalue weighted by molar-refractivity contribution is 0.0958. The number of hydrogen-bond acceptors (Lipinski definition) is 2. The Morgan fingerprint density at radius 1 is 0.815 bits per heavy atom. The Kier molecular flexibility index (Phi) is 3.86. The average molecular weight is 353 g/mol. The highest BCUT2D eigenvalue weighted by Gasteiger charge is 2.33.